The van der Waals surface area contributed by atoms with Gasteiger partial charge in [0.2, 0.25) is 0 Å². The van der Waals surface area contributed by atoms with Gasteiger partial charge in [-0.2, -0.15) is 12.6 Å². The zero-order valence-corrected chi connectivity index (χ0v) is 9.63. The number of hydrogen-bond acceptors (Lipinski definition) is 2. The van der Waals surface area contributed by atoms with E-state index in [2.05, 4.69) is 19.2 Å². The van der Waals surface area contributed by atoms with Crippen LogP contribution in [0.3, 0.4) is 0 Å². The van der Waals surface area contributed by atoms with E-state index in [1.165, 1.54) is 11.1 Å². The van der Waals surface area contributed by atoms with Crippen LogP contribution in [0.4, 0.5) is 0 Å². The van der Waals surface area contributed by atoms with Crippen molar-refractivity contribution in [3.63, 3.8) is 0 Å². The van der Waals surface area contributed by atoms with Crippen LogP contribution in [-0.4, -0.2) is 10.9 Å². The molecular formula is C13H16OS. The average molecular weight is 220 g/mol. The highest BCUT2D eigenvalue weighted by atomic mass is 32.1. The normalized spacial score (nSPS) is 20.1. The summed E-state index contributed by atoms with van der Waals surface area (Å²) in [4.78, 5) is 0. The van der Waals surface area contributed by atoms with Gasteiger partial charge < -0.3 is 5.11 Å². The molecular weight excluding hydrogens is 204 g/mol. The molecule has 1 aromatic rings. The fraction of sp³-hybridized carbons (Fsp3) is 0.385. The van der Waals surface area contributed by atoms with Crippen molar-refractivity contribution in [2.24, 2.45) is 5.92 Å². The van der Waals surface area contributed by atoms with Crippen molar-refractivity contribution in [3.8, 4) is 5.75 Å². The van der Waals surface area contributed by atoms with Crippen LogP contribution in [0.25, 0.3) is 5.57 Å². The van der Waals surface area contributed by atoms with Gasteiger partial charge in [-0.15, -0.1) is 0 Å². The summed E-state index contributed by atoms with van der Waals surface area (Å²) in [6.45, 7) is 4.15. The maximum atomic E-state index is 9.47. The molecule has 0 aromatic heterocycles. The number of thiol groups is 1. The average Bonchev–Trinajstić information content (AvgIpc) is 2.23. The van der Waals surface area contributed by atoms with Gasteiger partial charge >= 0.3 is 0 Å². The van der Waals surface area contributed by atoms with Gasteiger partial charge in [-0.05, 0) is 59.8 Å². The predicted octanol–water partition coefficient (Wildman–Crippen LogP) is 3.29. The summed E-state index contributed by atoms with van der Waals surface area (Å²) in [5.74, 6) is 1.77. The van der Waals surface area contributed by atoms with Crippen molar-refractivity contribution in [2.75, 3.05) is 5.75 Å². The molecule has 0 spiro atoms. The van der Waals surface area contributed by atoms with Crippen molar-refractivity contribution in [1.82, 2.24) is 0 Å². The zero-order valence-electron chi connectivity index (χ0n) is 8.74. The predicted molar refractivity (Wildman–Crippen MR) is 67.4 cm³/mol. The lowest BCUT2D eigenvalue weighted by Gasteiger charge is -2.26. The number of phenols is 1. The summed E-state index contributed by atoms with van der Waals surface area (Å²) in [6, 6.07) is 5.60. The SMILES string of the molecule is C=C1c2cc(O)ccc2CCC1CCS. The lowest BCUT2D eigenvalue weighted by atomic mass is 9.79. The molecule has 0 amide bonds. The number of phenolic OH excluding ortho intramolecular Hbond substituents is 1. The van der Waals surface area contributed by atoms with Crippen LogP contribution in [0.15, 0.2) is 24.8 Å². The number of aromatic hydroxyl groups is 1. The lowest BCUT2D eigenvalue weighted by Crippen LogP contribution is -2.13. The minimum atomic E-state index is 0.335. The Bertz CT molecular complexity index is 384. The van der Waals surface area contributed by atoms with Crippen LogP contribution >= 0.6 is 12.6 Å². The van der Waals surface area contributed by atoms with E-state index in [9.17, 15) is 5.11 Å². The van der Waals surface area contributed by atoms with Crippen LogP contribution in [0.2, 0.25) is 0 Å². The second-order valence-electron chi connectivity index (χ2n) is 4.11. The molecule has 0 saturated heterocycles. The van der Waals surface area contributed by atoms with Crippen molar-refractivity contribution >= 4 is 18.2 Å². The maximum Gasteiger partial charge on any atom is 0.116 e. The van der Waals surface area contributed by atoms with Gasteiger partial charge in [0.1, 0.15) is 5.75 Å². The Morgan fingerprint density at radius 1 is 1.47 bits per heavy atom. The maximum absolute atomic E-state index is 9.47. The van der Waals surface area contributed by atoms with Gasteiger partial charge in [0.05, 0.1) is 0 Å². The third-order valence-electron chi connectivity index (χ3n) is 3.17. The van der Waals surface area contributed by atoms with Crippen molar-refractivity contribution in [3.05, 3.63) is 35.9 Å². The molecule has 2 heteroatoms. The molecule has 1 atom stereocenters. The molecule has 0 bridgehead atoms. The highest BCUT2D eigenvalue weighted by Gasteiger charge is 2.21. The molecule has 80 valence electrons. The third-order valence-corrected chi connectivity index (χ3v) is 3.43. The van der Waals surface area contributed by atoms with Crippen molar-refractivity contribution in [2.45, 2.75) is 19.3 Å². The van der Waals surface area contributed by atoms with E-state index in [0.29, 0.717) is 11.7 Å². The molecule has 2 rings (SSSR count). The molecule has 0 heterocycles. The summed E-state index contributed by atoms with van der Waals surface area (Å²) >= 11 is 4.27. The topological polar surface area (TPSA) is 20.2 Å². The first kappa shape index (κ1) is 10.6. The molecule has 1 unspecified atom stereocenters. The van der Waals surface area contributed by atoms with Crippen molar-refractivity contribution in [1.29, 1.82) is 0 Å². The molecule has 15 heavy (non-hydrogen) atoms. The summed E-state index contributed by atoms with van der Waals surface area (Å²) in [5, 5.41) is 9.47. The molecule has 1 aromatic carbocycles. The van der Waals surface area contributed by atoms with E-state index in [4.69, 9.17) is 0 Å². The quantitative estimate of drug-likeness (QED) is 0.733. The molecule has 0 saturated carbocycles. The summed E-state index contributed by atoms with van der Waals surface area (Å²) < 4.78 is 0. The van der Waals surface area contributed by atoms with E-state index in [1.807, 2.05) is 12.1 Å². The fourth-order valence-electron chi connectivity index (χ4n) is 2.28. The smallest absolute Gasteiger partial charge is 0.116 e. The molecule has 1 nitrogen and oxygen atoms in total. The van der Waals surface area contributed by atoms with Crippen LogP contribution in [-0.2, 0) is 6.42 Å². The van der Waals surface area contributed by atoms with E-state index in [0.717, 1.165) is 30.6 Å². The van der Waals surface area contributed by atoms with Gasteiger partial charge in [-0.1, -0.05) is 12.6 Å². The number of allylic oxidation sites excluding steroid dienone is 1. The highest BCUT2D eigenvalue weighted by Crippen LogP contribution is 2.37. The Balaban J connectivity index is 2.32. The molecule has 0 aliphatic heterocycles. The first-order chi connectivity index (χ1) is 7.22. The minimum Gasteiger partial charge on any atom is -0.508 e. The first-order valence-corrected chi connectivity index (χ1v) is 5.97. The van der Waals surface area contributed by atoms with E-state index in [-0.39, 0.29) is 0 Å². The summed E-state index contributed by atoms with van der Waals surface area (Å²) in [5.41, 5.74) is 3.63. The molecule has 0 fully saturated rings. The van der Waals surface area contributed by atoms with E-state index < -0.39 is 0 Å². The second kappa shape index (κ2) is 4.31. The zero-order chi connectivity index (χ0) is 10.8. The van der Waals surface area contributed by atoms with E-state index in [1.54, 1.807) is 6.07 Å². The van der Waals surface area contributed by atoms with Gasteiger partial charge in [0, 0.05) is 0 Å². The van der Waals surface area contributed by atoms with E-state index >= 15 is 0 Å². The first-order valence-electron chi connectivity index (χ1n) is 5.34. The number of hydrogen-bond donors (Lipinski definition) is 2. The van der Waals surface area contributed by atoms with Crippen LogP contribution in [0.5, 0.6) is 5.75 Å². The summed E-state index contributed by atoms with van der Waals surface area (Å²) in [6.07, 6.45) is 3.33. The second-order valence-corrected chi connectivity index (χ2v) is 4.56. The highest BCUT2D eigenvalue weighted by molar-refractivity contribution is 7.80. The minimum absolute atomic E-state index is 0.335. The van der Waals surface area contributed by atoms with Crippen LogP contribution < -0.4 is 0 Å². The standard InChI is InChI=1S/C13H16OS/c1-9-10(6-7-15)2-3-11-4-5-12(14)8-13(9)11/h4-5,8,10,14-15H,1-3,6-7H2. The number of fused-ring (bicyclic) bond motifs is 1. The molecule has 1 aliphatic carbocycles. The number of benzene rings is 1. The number of rotatable bonds is 2. The van der Waals surface area contributed by atoms with Gasteiger partial charge in [0.25, 0.3) is 0 Å². The van der Waals surface area contributed by atoms with Crippen molar-refractivity contribution < 1.29 is 5.11 Å². The molecule has 0 radical (unpaired) electrons. The Labute approximate surface area is 96.2 Å². The Morgan fingerprint density at radius 3 is 3.00 bits per heavy atom. The fourth-order valence-corrected chi connectivity index (χ4v) is 2.59. The largest absolute Gasteiger partial charge is 0.508 e. The Hall–Kier alpha value is -0.890. The van der Waals surface area contributed by atoms with Gasteiger partial charge in [0.15, 0.2) is 0 Å². The monoisotopic (exact) mass is 220 g/mol. The van der Waals surface area contributed by atoms with Gasteiger partial charge in [-0.3, -0.25) is 0 Å². The number of aryl methyl sites for hydroxylation is 1. The molecule has 1 aliphatic rings. The Morgan fingerprint density at radius 2 is 2.27 bits per heavy atom. The lowest BCUT2D eigenvalue weighted by molar-refractivity contribution is 0.473. The van der Waals surface area contributed by atoms with Crippen LogP contribution in [0.1, 0.15) is 24.0 Å². The Kier molecular flexibility index (Phi) is 3.06. The van der Waals surface area contributed by atoms with Gasteiger partial charge in [-0.25, -0.2) is 0 Å². The third kappa shape index (κ3) is 2.05. The molecule has 1 N–H and O–H groups in total. The summed E-state index contributed by atoms with van der Waals surface area (Å²) in [7, 11) is 0. The van der Waals surface area contributed by atoms with Crippen LogP contribution in [0, 0.1) is 5.92 Å².